The zero-order valence-electron chi connectivity index (χ0n) is 11.2. The number of rotatable bonds is 8. The third kappa shape index (κ3) is 4.89. The molecule has 0 fully saturated rings. The van der Waals surface area contributed by atoms with Crippen molar-refractivity contribution in [3.05, 3.63) is 23.2 Å². The van der Waals surface area contributed by atoms with Crippen LogP contribution < -0.4 is 5.32 Å². The fourth-order valence-electron chi connectivity index (χ4n) is 1.58. The lowest BCUT2D eigenvalue weighted by Gasteiger charge is -2.10. The van der Waals surface area contributed by atoms with Gasteiger partial charge in [-0.1, -0.05) is 6.92 Å². The van der Waals surface area contributed by atoms with Gasteiger partial charge in [0.15, 0.2) is 0 Å². The third-order valence-corrected chi connectivity index (χ3v) is 2.52. The van der Waals surface area contributed by atoms with E-state index in [1.807, 2.05) is 13.0 Å². The van der Waals surface area contributed by atoms with Crippen molar-refractivity contribution in [2.75, 3.05) is 20.3 Å². The first-order chi connectivity index (χ1) is 8.17. The normalized spacial score (nSPS) is 12.9. The van der Waals surface area contributed by atoms with Crippen LogP contribution in [0.4, 0.5) is 0 Å². The Hall–Kier alpha value is -0.840. The van der Waals surface area contributed by atoms with Gasteiger partial charge in [0.2, 0.25) is 0 Å². The maximum absolute atomic E-state index is 5.72. The summed E-state index contributed by atoms with van der Waals surface area (Å²) in [5, 5.41) is 3.25. The molecule has 1 aromatic heterocycles. The maximum Gasteiger partial charge on any atom is 0.130 e. The molecule has 1 unspecified atom stereocenters. The first-order valence-corrected chi connectivity index (χ1v) is 6.06. The molecule has 1 N–H and O–H groups in total. The van der Waals surface area contributed by atoms with Gasteiger partial charge in [-0.05, 0) is 32.0 Å². The highest BCUT2D eigenvalue weighted by Gasteiger charge is 2.09. The van der Waals surface area contributed by atoms with Crippen LogP contribution in [0.2, 0.25) is 0 Å². The first kappa shape index (κ1) is 14.2. The summed E-state index contributed by atoms with van der Waals surface area (Å²) in [6, 6.07) is 2.03. The Morgan fingerprint density at radius 1 is 1.47 bits per heavy atom. The van der Waals surface area contributed by atoms with Gasteiger partial charge in [0.25, 0.3) is 0 Å². The molecule has 0 saturated heterocycles. The fourth-order valence-corrected chi connectivity index (χ4v) is 1.58. The molecular formula is C13H23NO3. The van der Waals surface area contributed by atoms with E-state index in [1.54, 1.807) is 7.11 Å². The predicted octanol–water partition coefficient (Wildman–Crippen LogP) is 2.25. The Morgan fingerprint density at radius 2 is 2.24 bits per heavy atom. The maximum atomic E-state index is 5.72. The number of hydrogen-bond acceptors (Lipinski definition) is 4. The van der Waals surface area contributed by atoms with Crippen molar-refractivity contribution in [2.24, 2.45) is 0 Å². The van der Waals surface area contributed by atoms with Gasteiger partial charge in [-0.15, -0.1) is 0 Å². The lowest BCUT2D eigenvalue weighted by Crippen LogP contribution is -2.14. The van der Waals surface area contributed by atoms with Gasteiger partial charge in [-0.25, -0.2) is 0 Å². The molecule has 1 aromatic rings. The van der Waals surface area contributed by atoms with Gasteiger partial charge in [-0.3, -0.25) is 0 Å². The molecule has 0 aromatic carbocycles. The Kier molecular flexibility index (Phi) is 6.26. The lowest BCUT2D eigenvalue weighted by molar-refractivity contribution is -0.00665. The van der Waals surface area contributed by atoms with Crippen molar-refractivity contribution in [3.63, 3.8) is 0 Å². The van der Waals surface area contributed by atoms with Crippen LogP contribution in [0, 0.1) is 6.92 Å². The average Bonchev–Trinajstić information content (AvgIpc) is 2.65. The number of nitrogens with one attached hydrogen (secondary N) is 1. The van der Waals surface area contributed by atoms with E-state index in [2.05, 4.69) is 19.2 Å². The van der Waals surface area contributed by atoms with E-state index in [-0.39, 0.29) is 6.10 Å². The molecule has 1 atom stereocenters. The fraction of sp³-hybridized carbons (Fsp3) is 0.692. The minimum atomic E-state index is 0.0858. The second-order valence-corrected chi connectivity index (χ2v) is 4.18. The molecule has 0 aliphatic heterocycles. The van der Waals surface area contributed by atoms with Crippen LogP contribution in [0.5, 0.6) is 0 Å². The average molecular weight is 241 g/mol. The van der Waals surface area contributed by atoms with Crippen LogP contribution in [0.25, 0.3) is 0 Å². The number of methoxy groups -OCH3 is 1. The number of ether oxygens (including phenoxy) is 2. The van der Waals surface area contributed by atoms with Crippen molar-refractivity contribution >= 4 is 0 Å². The van der Waals surface area contributed by atoms with E-state index in [9.17, 15) is 0 Å². The van der Waals surface area contributed by atoms with Crippen molar-refractivity contribution < 1.29 is 13.9 Å². The van der Waals surface area contributed by atoms with Gasteiger partial charge in [-0.2, -0.15) is 0 Å². The van der Waals surface area contributed by atoms with Gasteiger partial charge in [0.05, 0.1) is 19.3 Å². The van der Waals surface area contributed by atoms with Crippen molar-refractivity contribution in [2.45, 2.75) is 40.0 Å². The molecule has 4 heteroatoms. The minimum Gasteiger partial charge on any atom is -0.462 e. The molecule has 0 aliphatic carbocycles. The highest BCUT2D eigenvalue weighted by atomic mass is 16.5. The van der Waals surface area contributed by atoms with Gasteiger partial charge in [0.1, 0.15) is 18.1 Å². The molecule has 0 bridgehead atoms. The largest absolute Gasteiger partial charge is 0.462 e. The van der Waals surface area contributed by atoms with Crippen LogP contribution in [0.15, 0.2) is 10.5 Å². The SMILES string of the molecule is CCNCc1oc(COC(C)COC)cc1C. The summed E-state index contributed by atoms with van der Waals surface area (Å²) >= 11 is 0. The minimum absolute atomic E-state index is 0.0858. The topological polar surface area (TPSA) is 43.6 Å². The summed E-state index contributed by atoms with van der Waals surface area (Å²) in [6.45, 7) is 8.93. The van der Waals surface area contributed by atoms with Gasteiger partial charge < -0.3 is 19.2 Å². The van der Waals surface area contributed by atoms with Crippen LogP contribution >= 0.6 is 0 Å². The molecule has 0 spiro atoms. The summed E-state index contributed by atoms with van der Waals surface area (Å²) < 4.78 is 16.3. The molecule has 1 rings (SSSR count). The van der Waals surface area contributed by atoms with Crippen molar-refractivity contribution in [1.82, 2.24) is 5.32 Å². The van der Waals surface area contributed by atoms with E-state index in [1.165, 1.54) is 5.56 Å². The highest BCUT2D eigenvalue weighted by Crippen LogP contribution is 2.15. The Labute approximate surface area is 103 Å². The quantitative estimate of drug-likeness (QED) is 0.758. The van der Waals surface area contributed by atoms with Crippen LogP contribution in [-0.4, -0.2) is 26.4 Å². The van der Waals surface area contributed by atoms with Crippen molar-refractivity contribution in [3.8, 4) is 0 Å². The lowest BCUT2D eigenvalue weighted by atomic mass is 10.2. The molecular weight excluding hydrogens is 218 g/mol. The van der Waals surface area contributed by atoms with E-state index in [4.69, 9.17) is 13.9 Å². The summed E-state index contributed by atoms with van der Waals surface area (Å²) in [5.41, 5.74) is 1.17. The molecule has 17 heavy (non-hydrogen) atoms. The van der Waals surface area contributed by atoms with Crippen LogP contribution in [0.1, 0.15) is 30.9 Å². The van der Waals surface area contributed by atoms with Gasteiger partial charge >= 0.3 is 0 Å². The molecule has 0 aliphatic rings. The van der Waals surface area contributed by atoms with Crippen LogP contribution in [0.3, 0.4) is 0 Å². The summed E-state index contributed by atoms with van der Waals surface area (Å²) in [4.78, 5) is 0. The highest BCUT2D eigenvalue weighted by molar-refractivity contribution is 5.19. The Balaban J connectivity index is 2.43. The number of hydrogen-bond donors (Lipinski definition) is 1. The molecule has 1 heterocycles. The van der Waals surface area contributed by atoms with Crippen LogP contribution in [-0.2, 0) is 22.6 Å². The molecule has 98 valence electrons. The summed E-state index contributed by atoms with van der Waals surface area (Å²) in [7, 11) is 1.67. The molecule has 4 nitrogen and oxygen atoms in total. The zero-order valence-corrected chi connectivity index (χ0v) is 11.2. The van der Waals surface area contributed by atoms with E-state index in [0.717, 1.165) is 24.6 Å². The van der Waals surface area contributed by atoms with Gasteiger partial charge in [0, 0.05) is 7.11 Å². The molecule has 0 saturated carbocycles. The van der Waals surface area contributed by atoms with E-state index >= 15 is 0 Å². The number of furan rings is 1. The Bertz CT molecular complexity index is 322. The second kappa shape index (κ2) is 7.48. The second-order valence-electron chi connectivity index (χ2n) is 4.18. The predicted molar refractivity (Wildman–Crippen MR) is 67.0 cm³/mol. The molecule has 0 amide bonds. The number of aryl methyl sites for hydroxylation is 1. The summed E-state index contributed by atoms with van der Waals surface area (Å²) in [5.74, 6) is 1.86. The Morgan fingerprint density at radius 3 is 2.88 bits per heavy atom. The van der Waals surface area contributed by atoms with E-state index < -0.39 is 0 Å². The van der Waals surface area contributed by atoms with Crippen molar-refractivity contribution in [1.29, 1.82) is 0 Å². The third-order valence-electron chi connectivity index (χ3n) is 2.52. The molecule has 0 radical (unpaired) electrons. The summed E-state index contributed by atoms with van der Waals surface area (Å²) in [6.07, 6.45) is 0.0858. The first-order valence-electron chi connectivity index (χ1n) is 6.06. The monoisotopic (exact) mass is 241 g/mol. The zero-order chi connectivity index (χ0) is 12.7. The smallest absolute Gasteiger partial charge is 0.130 e. The standard InChI is InChI=1S/C13H23NO3/c1-5-14-7-13-10(2)6-12(17-13)9-16-11(3)8-15-4/h6,11,14H,5,7-9H2,1-4H3. The van der Waals surface area contributed by atoms with E-state index in [0.29, 0.717) is 13.2 Å².